The van der Waals surface area contributed by atoms with Crippen LogP contribution in [-0.4, -0.2) is 39.4 Å². The molecule has 5 heteroatoms. The minimum Gasteiger partial charge on any atom is -0.318 e. The number of sulfonamides is 1. The van der Waals surface area contributed by atoms with Crippen LogP contribution in [0.1, 0.15) is 12.5 Å². The maximum Gasteiger partial charge on any atom is 0.243 e. The fourth-order valence-electron chi connectivity index (χ4n) is 1.67. The van der Waals surface area contributed by atoms with Crippen LogP contribution in [-0.2, 0) is 10.0 Å². The zero-order chi connectivity index (χ0) is 12.9. The number of likely N-dealkylation sites (N-methyl/N-ethyl adjacent to an activating group) is 2. The summed E-state index contributed by atoms with van der Waals surface area (Å²) in [5.74, 6) is 0. The van der Waals surface area contributed by atoms with Gasteiger partial charge >= 0.3 is 0 Å². The van der Waals surface area contributed by atoms with Gasteiger partial charge in [-0.15, -0.1) is 0 Å². The summed E-state index contributed by atoms with van der Waals surface area (Å²) in [6.07, 6.45) is 0. The minimum atomic E-state index is -3.36. The summed E-state index contributed by atoms with van der Waals surface area (Å²) in [5, 5.41) is 2.96. The molecule has 0 aliphatic carbocycles. The number of nitrogens with one attached hydrogen (secondary N) is 1. The summed E-state index contributed by atoms with van der Waals surface area (Å²) >= 11 is 0. The van der Waals surface area contributed by atoms with Gasteiger partial charge in [-0.1, -0.05) is 25.1 Å². The minimum absolute atomic E-state index is 0.401. The molecule has 0 aliphatic heterocycles. The van der Waals surface area contributed by atoms with Crippen LogP contribution in [0, 0.1) is 6.92 Å². The molecule has 1 aromatic rings. The van der Waals surface area contributed by atoms with Gasteiger partial charge in [-0.05, 0) is 25.6 Å². The third-order valence-corrected chi connectivity index (χ3v) is 4.81. The molecule has 96 valence electrons. The molecular formula is C12H20N2O2S. The van der Waals surface area contributed by atoms with Crippen molar-refractivity contribution in [1.82, 2.24) is 9.62 Å². The number of aryl methyl sites for hydroxylation is 1. The summed E-state index contributed by atoms with van der Waals surface area (Å²) < 4.78 is 26.3. The predicted octanol–water partition coefficient (Wildman–Crippen LogP) is 1.23. The molecule has 0 unspecified atom stereocenters. The monoisotopic (exact) mass is 256 g/mol. The standard InChI is InChI=1S/C12H20N2O2S/c1-4-14(10-9-13-3)17(15,16)12-8-6-5-7-11(12)2/h5-8,13H,4,9-10H2,1-3H3. The first-order valence-electron chi connectivity index (χ1n) is 5.74. The van der Waals surface area contributed by atoms with E-state index in [4.69, 9.17) is 0 Å². The maximum absolute atomic E-state index is 12.4. The third-order valence-electron chi connectivity index (χ3n) is 2.68. The lowest BCUT2D eigenvalue weighted by molar-refractivity contribution is 0.425. The highest BCUT2D eigenvalue weighted by atomic mass is 32.2. The normalized spacial score (nSPS) is 12.0. The molecular weight excluding hydrogens is 236 g/mol. The Hall–Kier alpha value is -0.910. The van der Waals surface area contributed by atoms with Crippen molar-refractivity contribution in [3.63, 3.8) is 0 Å². The molecule has 0 aliphatic rings. The fourth-order valence-corrected chi connectivity index (χ4v) is 3.34. The zero-order valence-corrected chi connectivity index (χ0v) is 11.4. The van der Waals surface area contributed by atoms with Crippen LogP contribution >= 0.6 is 0 Å². The first kappa shape index (κ1) is 14.2. The molecule has 1 N–H and O–H groups in total. The van der Waals surface area contributed by atoms with Gasteiger partial charge in [-0.2, -0.15) is 4.31 Å². The topological polar surface area (TPSA) is 49.4 Å². The molecule has 0 bridgehead atoms. The summed E-state index contributed by atoms with van der Waals surface area (Å²) in [5.41, 5.74) is 0.787. The highest BCUT2D eigenvalue weighted by Gasteiger charge is 2.23. The van der Waals surface area contributed by atoms with E-state index in [1.165, 1.54) is 4.31 Å². The molecule has 0 radical (unpaired) electrons. The van der Waals surface area contributed by atoms with E-state index in [2.05, 4.69) is 5.32 Å². The van der Waals surface area contributed by atoms with Gasteiger partial charge in [-0.3, -0.25) is 0 Å². The summed E-state index contributed by atoms with van der Waals surface area (Å²) in [6, 6.07) is 7.08. The number of benzene rings is 1. The third kappa shape index (κ3) is 3.28. The largest absolute Gasteiger partial charge is 0.318 e. The van der Waals surface area contributed by atoms with Crippen LogP contribution in [0.5, 0.6) is 0 Å². The van der Waals surface area contributed by atoms with Crippen molar-refractivity contribution < 1.29 is 8.42 Å². The van der Waals surface area contributed by atoms with Gasteiger partial charge in [-0.25, -0.2) is 8.42 Å². The second-order valence-corrected chi connectivity index (χ2v) is 5.77. The van der Waals surface area contributed by atoms with Gasteiger partial charge in [0.1, 0.15) is 0 Å². The van der Waals surface area contributed by atoms with Gasteiger partial charge in [0.15, 0.2) is 0 Å². The van der Waals surface area contributed by atoms with Crippen LogP contribution < -0.4 is 5.32 Å². The quantitative estimate of drug-likeness (QED) is 0.832. The van der Waals surface area contributed by atoms with Crippen molar-refractivity contribution in [2.24, 2.45) is 0 Å². The van der Waals surface area contributed by atoms with Gasteiger partial charge in [0.05, 0.1) is 4.90 Å². The van der Waals surface area contributed by atoms with Crippen molar-refractivity contribution in [2.45, 2.75) is 18.7 Å². The highest BCUT2D eigenvalue weighted by Crippen LogP contribution is 2.18. The van der Waals surface area contributed by atoms with Crippen LogP contribution in [0.15, 0.2) is 29.2 Å². The molecule has 0 amide bonds. The summed E-state index contributed by atoms with van der Waals surface area (Å²) in [7, 11) is -1.55. The van der Waals surface area contributed by atoms with E-state index >= 15 is 0 Å². The Balaban J connectivity index is 3.05. The molecule has 0 fully saturated rings. The average Bonchev–Trinajstić information content (AvgIpc) is 2.30. The van der Waals surface area contributed by atoms with E-state index in [1.807, 2.05) is 33.0 Å². The maximum atomic E-state index is 12.4. The molecule has 1 aromatic carbocycles. The molecule has 17 heavy (non-hydrogen) atoms. The number of nitrogens with zero attached hydrogens (tertiary/aromatic N) is 1. The zero-order valence-electron chi connectivity index (χ0n) is 10.6. The molecule has 0 saturated heterocycles. The van der Waals surface area contributed by atoms with E-state index < -0.39 is 10.0 Å². The first-order valence-corrected chi connectivity index (χ1v) is 7.18. The number of hydrogen-bond acceptors (Lipinski definition) is 3. The lowest BCUT2D eigenvalue weighted by atomic mass is 10.2. The van der Waals surface area contributed by atoms with E-state index in [-0.39, 0.29) is 0 Å². The first-order chi connectivity index (χ1) is 8.04. The van der Waals surface area contributed by atoms with Crippen molar-refractivity contribution in [2.75, 3.05) is 26.7 Å². The Morgan fingerprint density at radius 2 is 1.94 bits per heavy atom. The molecule has 0 saturated carbocycles. The second kappa shape index (κ2) is 6.14. The molecule has 0 heterocycles. The Kier molecular flexibility index (Phi) is 5.11. The Morgan fingerprint density at radius 3 is 2.47 bits per heavy atom. The van der Waals surface area contributed by atoms with E-state index in [9.17, 15) is 8.42 Å². The average molecular weight is 256 g/mol. The molecule has 0 spiro atoms. The summed E-state index contributed by atoms with van der Waals surface area (Å²) in [4.78, 5) is 0.401. The van der Waals surface area contributed by atoms with E-state index in [1.54, 1.807) is 12.1 Å². The van der Waals surface area contributed by atoms with Crippen LogP contribution in [0.2, 0.25) is 0 Å². The van der Waals surface area contributed by atoms with Crippen LogP contribution in [0.4, 0.5) is 0 Å². The Labute approximate surface area is 104 Å². The van der Waals surface area contributed by atoms with E-state index in [0.29, 0.717) is 24.5 Å². The van der Waals surface area contributed by atoms with Gasteiger partial charge < -0.3 is 5.32 Å². The van der Waals surface area contributed by atoms with Crippen molar-refractivity contribution in [3.8, 4) is 0 Å². The smallest absolute Gasteiger partial charge is 0.243 e. The van der Waals surface area contributed by atoms with Gasteiger partial charge in [0.2, 0.25) is 10.0 Å². The molecule has 4 nitrogen and oxygen atoms in total. The Bertz CT molecular complexity index is 457. The van der Waals surface area contributed by atoms with E-state index in [0.717, 1.165) is 5.56 Å². The molecule has 0 atom stereocenters. The fraction of sp³-hybridized carbons (Fsp3) is 0.500. The SMILES string of the molecule is CCN(CCNC)S(=O)(=O)c1ccccc1C. The lowest BCUT2D eigenvalue weighted by Crippen LogP contribution is -2.36. The van der Waals surface area contributed by atoms with Gasteiger partial charge in [0.25, 0.3) is 0 Å². The summed E-state index contributed by atoms with van der Waals surface area (Å²) in [6.45, 7) is 5.30. The number of rotatable bonds is 6. The van der Waals surface area contributed by atoms with Crippen LogP contribution in [0.25, 0.3) is 0 Å². The van der Waals surface area contributed by atoms with Crippen molar-refractivity contribution in [3.05, 3.63) is 29.8 Å². The second-order valence-electron chi connectivity index (χ2n) is 3.87. The number of hydrogen-bond donors (Lipinski definition) is 1. The van der Waals surface area contributed by atoms with Crippen molar-refractivity contribution >= 4 is 10.0 Å². The van der Waals surface area contributed by atoms with Crippen molar-refractivity contribution in [1.29, 1.82) is 0 Å². The van der Waals surface area contributed by atoms with Gasteiger partial charge in [0, 0.05) is 19.6 Å². The van der Waals surface area contributed by atoms with Crippen LogP contribution in [0.3, 0.4) is 0 Å². The highest BCUT2D eigenvalue weighted by molar-refractivity contribution is 7.89. The Morgan fingerprint density at radius 1 is 1.29 bits per heavy atom. The predicted molar refractivity (Wildman–Crippen MR) is 69.5 cm³/mol. The lowest BCUT2D eigenvalue weighted by Gasteiger charge is -2.21. The molecule has 1 rings (SSSR count). The molecule has 0 aromatic heterocycles.